The number of benzene rings is 2. The number of nitrogens with one attached hydrogen (secondary N) is 2. The predicted molar refractivity (Wildman–Crippen MR) is 87.4 cm³/mol. The molecular weight excluding hydrogens is 300 g/mol. The maximum Gasteiger partial charge on any atom is 0.253 e. The summed E-state index contributed by atoms with van der Waals surface area (Å²) in [5, 5.41) is 2.80. The van der Waals surface area contributed by atoms with E-state index in [0.29, 0.717) is 18.5 Å². The fourth-order valence-corrected chi connectivity index (χ4v) is 2.61. The van der Waals surface area contributed by atoms with Crippen molar-refractivity contribution in [2.75, 3.05) is 17.5 Å². The van der Waals surface area contributed by atoms with Crippen LogP contribution in [0.5, 0.6) is 0 Å². The highest BCUT2D eigenvalue weighted by Crippen LogP contribution is 2.16. The van der Waals surface area contributed by atoms with Crippen molar-refractivity contribution in [1.29, 1.82) is 0 Å². The third-order valence-electron chi connectivity index (χ3n) is 3.01. The first-order chi connectivity index (χ1) is 10.5. The molecule has 0 bridgehead atoms. The topological polar surface area (TPSA) is 75.3 Å². The van der Waals surface area contributed by atoms with E-state index in [-0.39, 0.29) is 11.6 Å². The van der Waals surface area contributed by atoms with E-state index in [1.165, 1.54) is 0 Å². The molecule has 5 nitrogen and oxygen atoms in total. The number of rotatable bonds is 6. The number of amides is 1. The molecule has 2 rings (SSSR count). The van der Waals surface area contributed by atoms with Crippen LogP contribution in [-0.2, 0) is 16.4 Å². The molecular formula is C16H18N2O3S. The zero-order valence-corrected chi connectivity index (χ0v) is 13.1. The molecule has 6 heteroatoms. The third kappa shape index (κ3) is 4.89. The predicted octanol–water partition coefficient (Wildman–Crippen LogP) is 2.03. The van der Waals surface area contributed by atoms with Crippen molar-refractivity contribution in [2.24, 2.45) is 0 Å². The minimum Gasteiger partial charge on any atom is -0.352 e. The average molecular weight is 318 g/mol. The fraction of sp³-hybridized carbons (Fsp3) is 0.188. The molecule has 2 N–H and O–H groups in total. The highest BCUT2D eigenvalue weighted by atomic mass is 32.2. The number of sulfonamides is 1. The molecule has 0 radical (unpaired) electrons. The number of carbonyl (C=O) groups is 1. The summed E-state index contributed by atoms with van der Waals surface area (Å²) >= 11 is 0. The Morgan fingerprint density at radius 1 is 1.00 bits per heavy atom. The Morgan fingerprint density at radius 3 is 2.32 bits per heavy atom. The van der Waals surface area contributed by atoms with Gasteiger partial charge in [0.05, 0.1) is 17.5 Å². The Morgan fingerprint density at radius 2 is 1.64 bits per heavy atom. The van der Waals surface area contributed by atoms with Gasteiger partial charge in [-0.2, -0.15) is 0 Å². The van der Waals surface area contributed by atoms with Crippen LogP contribution >= 0.6 is 0 Å². The monoisotopic (exact) mass is 318 g/mol. The normalized spacial score (nSPS) is 11.0. The second-order valence-corrected chi connectivity index (χ2v) is 6.66. The maximum atomic E-state index is 12.2. The molecule has 0 atom stereocenters. The summed E-state index contributed by atoms with van der Waals surface area (Å²) in [6.45, 7) is 0.482. The summed E-state index contributed by atoms with van der Waals surface area (Å²) in [5.41, 5.74) is 1.72. The van der Waals surface area contributed by atoms with Gasteiger partial charge in [0.1, 0.15) is 0 Å². The number of hydrogen-bond acceptors (Lipinski definition) is 3. The summed E-state index contributed by atoms with van der Waals surface area (Å²) in [6, 6.07) is 16.3. The van der Waals surface area contributed by atoms with Gasteiger partial charge in [0.15, 0.2) is 0 Å². The molecule has 0 aliphatic carbocycles. The quantitative estimate of drug-likeness (QED) is 0.856. The summed E-state index contributed by atoms with van der Waals surface area (Å²) in [4.78, 5) is 12.2. The number of para-hydroxylation sites is 1. The fourth-order valence-electron chi connectivity index (χ4n) is 2.03. The molecule has 22 heavy (non-hydrogen) atoms. The van der Waals surface area contributed by atoms with Crippen LogP contribution in [0.4, 0.5) is 5.69 Å². The van der Waals surface area contributed by atoms with Gasteiger partial charge in [-0.05, 0) is 24.1 Å². The third-order valence-corrected chi connectivity index (χ3v) is 3.60. The van der Waals surface area contributed by atoms with Gasteiger partial charge in [-0.1, -0.05) is 42.5 Å². The zero-order valence-electron chi connectivity index (χ0n) is 12.2. The Hall–Kier alpha value is -2.34. The summed E-state index contributed by atoms with van der Waals surface area (Å²) in [6.07, 6.45) is 1.77. The first kappa shape index (κ1) is 16.0. The molecule has 0 aliphatic heterocycles. The standard InChI is InChI=1S/C16H18N2O3S/c1-22(20,21)18-15-10-6-5-9-14(15)16(19)17-12-11-13-7-3-2-4-8-13/h2-10,18H,11-12H2,1H3,(H,17,19). The molecule has 0 aromatic heterocycles. The summed E-state index contributed by atoms with van der Waals surface area (Å²) in [7, 11) is -3.43. The van der Waals surface area contributed by atoms with Crippen LogP contribution in [0.3, 0.4) is 0 Å². The van der Waals surface area contributed by atoms with Crippen molar-refractivity contribution < 1.29 is 13.2 Å². The lowest BCUT2D eigenvalue weighted by molar-refractivity contribution is 0.0955. The van der Waals surface area contributed by atoms with Crippen molar-refractivity contribution in [3.8, 4) is 0 Å². The number of anilines is 1. The van der Waals surface area contributed by atoms with Crippen molar-refractivity contribution in [3.05, 3.63) is 65.7 Å². The van der Waals surface area contributed by atoms with Gasteiger partial charge >= 0.3 is 0 Å². The van der Waals surface area contributed by atoms with Crippen molar-refractivity contribution in [1.82, 2.24) is 5.32 Å². The van der Waals surface area contributed by atoms with Crippen LogP contribution in [-0.4, -0.2) is 27.1 Å². The highest BCUT2D eigenvalue weighted by molar-refractivity contribution is 7.92. The van der Waals surface area contributed by atoms with Gasteiger partial charge in [0.2, 0.25) is 10.0 Å². The van der Waals surface area contributed by atoms with Gasteiger partial charge in [0, 0.05) is 6.54 Å². The van der Waals surface area contributed by atoms with Crippen molar-refractivity contribution in [2.45, 2.75) is 6.42 Å². The van der Waals surface area contributed by atoms with Crippen LogP contribution in [0.2, 0.25) is 0 Å². The van der Waals surface area contributed by atoms with Crippen LogP contribution < -0.4 is 10.0 Å². The van der Waals surface area contributed by atoms with E-state index in [4.69, 9.17) is 0 Å². The Balaban J connectivity index is 2.01. The molecule has 0 fully saturated rings. The van der Waals surface area contributed by atoms with Crippen LogP contribution in [0.15, 0.2) is 54.6 Å². The second kappa shape index (κ2) is 7.09. The zero-order chi connectivity index (χ0) is 16.0. The van der Waals surface area contributed by atoms with E-state index >= 15 is 0 Å². The molecule has 0 heterocycles. The second-order valence-electron chi connectivity index (χ2n) is 4.91. The molecule has 0 unspecified atom stereocenters. The molecule has 2 aromatic rings. The van der Waals surface area contributed by atoms with Gasteiger partial charge < -0.3 is 5.32 Å². The van der Waals surface area contributed by atoms with E-state index in [1.807, 2.05) is 30.3 Å². The summed E-state index contributed by atoms with van der Waals surface area (Å²) in [5.74, 6) is -0.303. The van der Waals surface area contributed by atoms with Gasteiger partial charge in [-0.25, -0.2) is 8.42 Å². The molecule has 1 amide bonds. The minimum absolute atomic E-state index is 0.280. The van der Waals surface area contributed by atoms with Crippen LogP contribution in [0, 0.1) is 0 Å². The lowest BCUT2D eigenvalue weighted by Crippen LogP contribution is -2.27. The van der Waals surface area contributed by atoms with Gasteiger partial charge in [-0.3, -0.25) is 9.52 Å². The smallest absolute Gasteiger partial charge is 0.253 e. The highest BCUT2D eigenvalue weighted by Gasteiger charge is 2.13. The number of hydrogen-bond donors (Lipinski definition) is 2. The van der Waals surface area contributed by atoms with E-state index in [2.05, 4.69) is 10.0 Å². The molecule has 0 saturated carbocycles. The molecule has 0 spiro atoms. The average Bonchev–Trinajstić information content (AvgIpc) is 2.47. The van der Waals surface area contributed by atoms with E-state index < -0.39 is 10.0 Å². The Labute approximate surface area is 130 Å². The van der Waals surface area contributed by atoms with Gasteiger partial charge in [-0.15, -0.1) is 0 Å². The summed E-state index contributed by atoms with van der Waals surface area (Å²) < 4.78 is 25.0. The lowest BCUT2D eigenvalue weighted by Gasteiger charge is -2.11. The molecule has 0 aliphatic rings. The maximum absolute atomic E-state index is 12.2. The van der Waals surface area contributed by atoms with E-state index in [9.17, 15) is 13.2 Å². The van der Waals surface area contributed by atoms with Crippen molar-refractivity contribution >= 4 is 21.6 Å². The van der Waals surface area contributed by atoms with Crippen LogP contribution in [0.25, 0.3) is 0 Å². The SMILES string of the molecule is CS(=O)(=O)Nc1ccccc1C(=O)NCCc1ccccc1. The first-order valence-electron chi connectivity index (χ1n) is 6.84. The lowest BCUT2D eigenvalue weighted by atomic mass is 10.1. The number of carbonyl (C=O) groups excluding carboxylic acids is 1. The van der Waals surface area contributed by atoms with E-state index in [1.54, 1.807) is 24.3 Å². The molecule has 0 saturated heterocycles. The molecule has 2 aromatic carbocycles. The van der Waals surface area contributed by atoms with Crippen LogP contribution in [0.1, 0.15) is 15.9 Å². The Bertz CT molecular complexity index is 743. The van der Waals surface area contributed by atoms with E-state index in [0.717, 1.165) is 11.8 Å². The Kier molecular flexibility index (Phi) is 5.16. The largest absolute Gasteiger partial charge is 0.352 e. The molecule has 116 valence electrons. The van der Waals surface area contributed by atoms with Crippen molar-refractivity contribution in [3.63, 3.8) is 0 Å². The minimum atomic E-state index is -3.43. The van der Waals surface area contributed by atoms with Gasteiger partial charge in [0.25, 0.3) is 5.91 Å². The first-order valence-corrected chi connectivity index (χ1v) is 8.74.